The number of hydrogen-bond donors (Lipinski definition) is 1. The van der Waals surface area contributed by atoms with Crippen molar-refractivity contribution in [2.45, 2.75) is 46.0 Å². The summed E-state index contributed by atoms with van der Waals surface area (Å²) >= 11 is 0. The van der Waals surface area contributed by atoms with Gasteiger partial charge in [0.2, 0.25) is 5.91 Å². The first kappa shape index (κ1) is 15.8. The number of nitrogens with zero attached hydrogens (tertiary/aromatic N) is 4. The van der Waals surface area contributed by atoms with Gasteiger partial charge < -0.3 is 4.90 Å². The van der Waals surface area contributed by atoms with Crippen molar-refractivity contribution in [1.82, 2.24) is 24.9 Å². The summed E-state index contributed by atoms with van der Waals surface area (Å²) in [6.45, 7) is 7.62. The highest BCUT2D eigenvalue weighted by molar-refractivity contribution is 5.79. The number of aryl methyl sites for hydroxylation is 3. The number of nitrogens with one attached hydrogen (secondary N) is 1. The van der Waals surface area contributed by atoms with Crippen LogP contribution in [0.2, 0.25) is 0 Å². The average molecular weight is 315 g/mol. The number of carbonyl (C=O) groups is 1. The second-order valence-electron chi connectivity index (χ2n) is 6.60. The largest absolute Gasteiger partial charge is 0.342 e. The van der Waals surface area contributed by atoms with Crippen LogP contribution in [-0.2, 0) is 18.3 Å². The van der Waals surface area contributed by atoms with Crippen LogP contribution in [0.3, 0.4) is 0 Å². The predicted octanol–water partition coefficient (Wildman–Crippen LogP) is 2.02. The molecule has 0 aromatic carbocycles. The van der Waals surface area contributed by atoms with Crippen molar-refractivity contribution >= 4 is 5.91 Å². The normalized spacial score (nSPS) is 18.4. The standard InChI is InChI=1S/C17H25N5O/c1-11-8-16(19-18-11)14-6-5-7-22(10-14)17(23)9-15-12(2)20-21(4)13(15)3/h8,14H,5-7,9-10H2,1-4H3,(H,18,19)/t14-/m0/s1. The molecule has 2 aromatic heterocycles. The number of aromatic amines is 1. The molecule has 1 amide bonds. The Morgan fingerprint density at radius 2 is 2.17 bits per heavy atom. The molecule has 1 saturated heterocycles. The van der Waals surface area contributed by atoms with Gasteiger partial charge in [-0.3, -0.25) is 14.6 Å². The molecular weight excluding hydrogens is 290 g/mol. The van der Waals surface area contributed by atoms with E-state index < -0.39 is 0 Å². The second kappa shape index (κ2) is 6.18. The number of aromatic nitrogens is 4. The fraction of sp³-hybridized carbons (Fsp3) is 0.588. The number of piperidine rings is 1. The van der Waals surface area contributed by atoms with E-state index in [9.17, 15) is 4.79 Å². The van der Waals surface area contributed by atoms with Gasteiger partial charge in [-0.2, -0.15) is 10.2 Å². The van der Waals surface area contributed by atoms with Crippen molar-refractivity contribution in [3.05, 3.63) is 34.4 Å². The van der Waals surface area contributed by atoms with Gasteiger partial charge in [-0.25, -0.2) is 0 Å². The van der Waals surface area contributed by atoms with Crippen LogP contribution in [0.1, 0.15) is 47.1 Å². The first-order chi connectivity index (χ1) is 11.0. The molecule has 3 rings (SSSR count). The fourth-order valence-electron chi connectivity index (χ4n) is 3.43. The van der Waals surface area contributed by atoms with E-state index in [1.54, 1.807) is 0 Å². The van der Waals surface area contributed by atoms with E-state index >= 15 is 0 Å². The van der Waals surface area contributed by atoms with Crippen LogP contribution in [0.5, 0.6) is 0 Å². The molecule has 0 aliphatic carbocycles. The van der Waals surface area contributed by atoms with Crippen LogP contribution in [-0.4, -0.2) is 43.9 Å². The first-order valence-corrected chi connectivity index (χ1v) is 8.24. The summed E-state index contributed by atoms with van der Waals surface area (Å²) in [5.41, 5.74) is 5.25. The number of carbonyl (C=O) groups excluding carboxylic acids is 1. The molecule has 1 N–H and O–H groups in total. The Labute approximate surface area is 136 Å². The van der Waals surface area contributed by atoms with Crippen LogP contribution < -0.4 is 0 Å². The molecule has 2 aromatic rings. The average Bonchev–Trinajstić information content (AvgIpc) is 3.06. The lowest BCUT2D eigenvalue weighted by atomic mass is 9.94. The zero-order valence-corrected chi connectivity index (χ0v) is 14.4. The van der Waals surface area contributed by atoms with Crippen molar-refractivity contribution in [2.75, 3.05) is 13.1 Å². The zero-order valence-electron chi connectivity index (χ0n) is 14.4. The molecule has 6 nitrogen and oxygen atoms in total. The summed E-state index contributed by atoms with van der Waals surface area (Å²) in [7, 11) is 1.92. The third-order valence-electron chi connectivity index (χ3n) is 4.90. The maximum absolute atomic E-state index is 12.7. The monoisotopic (exact) mass is 315 g/mol. The molecule has 1 aliphatic heterocycles. The van der Waals surface area contributed by atoms with Crippen molar-refractivity contribution in [3.8, 4) is 0 Å². The third kappa shape index (κ3) is 3.16. The van der Waals surface area contributed by atoms with E-state index in [0.717, 1.165) is 54.3 Å². The van der Waals surface area contributed by atoms with E-state index in [-0.39, 0.29) is 5.91 Å². The van der Waals surface area contributed by atoms with Crippen LogP contribution in [0.15, 0.2) is 6.07 Å². The predicted molar refractivity (Wildman–Crippen MR) is 88.3 cm³/mol. The highest BCUT2D eigenvalue weighted by Crippen LogP contribution is 2.26. The molecule has 124 valence electrons. The number of amides is 1. The fourth-order valence-corrected chi connectivity index (χ4v) is 3.43. The van der Waals surface area contributed by atoms with Crippen molar-refractivity contribution in [2.24, 2.45) is 7.05 Å². The van der Waals surface area contributed by atoms with Crippen LogP contribution in [0.25, 0.3) is 0 Å². The summed E-state index contributed by atoms with van der Waals surface area (Å²) in [5.74, 6) is 0.537. The van der Waals surface area contributed by atoms with Gasteiger partial charge in [-0.15, -0.1) is 0 Å². The van der Waals surface area contributed by atoms with Crippen molar-refractivity contribution in [1.29, 1.82) is 0 Å². The van der Waals surface area contributed by atoms with E-state index in [2.05, 4.69) is 21.4 Å². The number of H-pyrrole nitrogens is 1. The maximum Gasteiger partial charge on any atom is 0.227 e. The Kier molecular flexibility index (Phi) is 4.24. The third-order valence-corrected chi connectivity index (χ3v) is 4.90. The minimum absolute atomic E-state index is 0.196. The van der Waals surface area contributed by atoms with Gasteiger partial charge in [0.1, 0.15) is 0 Å². The zero-order chi connectivity index (χ0) is 16.6. The maximum atomic E-state index is 12.7. The van der Waals surface area contributed by atoms with Crippen molar-refractivity contribution < 1.29 is 4.79 Å². The number of rotatable bonds is 3. The quantitative estimate of drug-likeness (QED) is 0.942. The van der Waals surface area contributed by atoms with Gasteiger partial charge in [0, 0.05) is 43.0 Å². The second-order valence-corrected chi connectivity index (χ2v) is 6.60. The molecule has 0 unspecified atom stereocenters. The molecule has 1 fully saturated rings. The Morgan fingerprint density at radius 1 is 1.39 bits per heavy atom. The molecular formula is C17H25N5O. The van der Waals surface area contributed by atoms with Gasteiger partial charge in [0.05, 0.1) is 17.8 Å². The van der Waals surface area contributed by atoms with Crippen LogP contribution in [0, 0.1) is 20.8 Å². The molecule has 23 heavy (non-hydrogen) atoms. The summed E-state index contributed by atoms with van der Waals surface area (Å²) in [4.78, 5) is 14.7. The summed E-state index contributed by atoms with van der Waals surface area (Å²) < 4.78 is 1.85. The lowest BCUT2D eigenvalue weighted by Gasteiger charge is -2.32. The number of likely N-dealkylation sites (tertiary alicyclic amines) is 1. The van der Waals surface area contributed by atoms with Crippen molar-refractivity contribution in [3.63, 3.8) is 0 Å². The molecule has 0 saturated carbocycles. The van der Waals surface area contributed by atoms with Gasteiger partial charge in [-0.05, 0) is 39.7 Å². The molecule has 3 heterocycles. The van der Waals surface area contributed by atoms with Crippen LogP contribution in [0.4, 0.5) is 0 Å². The minimum Gasteiger partial charge on any atom is -0.342 e. The highest BCUT2D eigenvalue weighted by atomic mass is 16.2. The molecule has 0 spiro atoms. The van der Waals surface area contributed by atoms with E-state index in [1.807, 2.05) is 37.4 Å². The Morgan fingerprint density at radius 3 is 2.78 bits per heavy atom. The molecule has 0 bridgehead atoms. The topological polar surface area (TPSA) is 66.8 Å². The number of hydrogen-bond acceptors (Lipinski definition) is 3. The smallest absolute Gasteiger partial charge is 0.227 e. The SMILES string of the molecule is Cc1cc([C@H]2CCCN(C(=O)Cc3c(C)nn(C)c3C)C2)n[nH]1. The van der Waals surface area contributed by atoms with E-state index in [1.165, 1.54) is 0 Å². The lowest BCUT2D eigenvalue weighted by Crippen LogP contribution is -2.40. The van der Waals surface area contributed by atoms with E-state index in [4.69, 9.17) is 0 Å². The summed E-state index contributed by atoms with van der Waals surface area (Å²) in [5, 5.41) is 11.8. The lowest BCUT2D eigenvalue weighted by molar-refractivity contribution is -0.131. The van der Waals surface area contributed by atoms with Gasteiger partial charge in [-0.1, -0.05) is 0 Å². The van der Waals surface area contributed by atoms with E-state index in [0.29, 0.717) is 12.3 Å². The van der Waals surface area contributed by atoms with Gasteiger partial charge in [0.25, 0.3) is 0 Å². The van der Waals surface area contributed by atoms with Crippen LogP contribution >= 0.6 is 0 Å². The molecule has 1 aliphatic rings. The highest BCUT2D eigenvalue weighted by Gasteiger charge is 2.27. The van der Waals surface area contributed by atoms with Gasteiger partial charge in [0.15, 0.2) is 0 Å². The first-order valence-electron chi connectivity index (χ1n) is 8.24. The minimum atomic E-state index is 0.196. The van der Waals surface area contributed by atoms with Gasteiger partial charge >= 0.3 is 0 Å². The summed E-state index contributed by atoms with van der Waals surface area (Å²) in [6.07, 6.45) is 2.57. The Hall–Kier alpha value is -2.11. The molecule has 0 radical (unpaired) electrons. The molecule has 1 atom stereocenters. The molecule has 6 heteroatoms. The Bertz CT molecular complexity index is 715. The summed E-state index contributed by atoms with van der Waals surface area (Å²) in [6, 6.07) is 2.09. The Balaban J connectivity index is 1.70.